The van der Waals surface area contributed by atoms with Gasteiger partial charge in [0.25, 0.3) is 5.89 Å². The van der Waals surface area contributed by atoms with Gasteiger partial charge in [0.1, 0.15) is 5.03 Å². The number of imidazole rings is 1. The van der Waals surface area contributed by atoms with Crippen LogP contribution in [-0.4, -0.2) is 37.8 Å². The van der Waals surface area contributed by atoms with E-state index in [0.29, 0.717) is 33.7 Å². The Hall–Kier alpha value is -1.90. The van der Waals surface area contributed by atoms with E-state index in [0.717, 1.165) is 5.16 Å². The van der Waals surface area contributed by atoms with Gasteiger partial charge >= 0.3 is 0 Å². The van der Waals surface area contributed by atoms with Gasteiger partial charge in [-0.2, -0.15) is 4.98 Å². The smallest absolute Gasteiger partial charge is 0.259 e. The third-order valence-corrected chi connectivity index (χ3v) is 4.96. The summed E-state index contributed by atoms with van der Waals surface area (Å²) in [5.41, 5.74) is 0.694. The zero-order chi connectivity index (χ0) is 17.1. The molecule has 0 aliphatic rings. The van der Waals surface area contributed by atoms with Crippen LogP contribution in [0.1, 0.15) is 12.7 Å². The SMILES string of the molecule is CNC(C)Cc1noc(-c2cnc(Sc3nccn3C)c(Cl)c2)n1. The average molecular weight is 365 g/mol. The molecule has 0 aromatic carbocycles. The minimum Gasteiger partial charge on any atom is -0.334 e. The van der Waals surface area contributed by atoms with Crippen LogP contribution in [0.25, 0.3) is 11.5 Å². The molecule has 9 heteroatoms. The predicted octanol–water partition coefficient (Wildman–Crippen LogP) is 2.82. The van der Waals surface area contributed by atoms with Crippen molar-refractivity contribution in [2.24, 2.45) is 7.05 Å². The van der Waals surface area contributed by atoms with Crippen molar-refractivity contribution in [3.05, 3.63) is 35.5 Å². The van der Waals surface area contributed by atoms with Crippen LogP contribution in [0.4, 0.5) is 0 Å². The van der Waals surface area contributed by atoms with Gasteiger partial charge in [-0.15, -0.1) is 0 Å². The van der Waals surface area contributed by atoms with E-state index in [1.165, 1.54) is 11.8 Å². The summed E-state index contributed by atoms with van der Waals surface area (Å²) in [7, 11) is 3.82. The number of nitrogens with one attached hydrogen (secondary N) is 1. The first kappa shape index (κ1) is 16.9. The second-order valence-electron chi connectivity index (χ2n) is 5.34. The molecule has 0 spiro atoms. The quantitative estimate of drug-likeness (QED) is 0.720. The van der Waals surface area contributed by atoms with E-state index in [4.69, 9.17) is 16.1 Å². The van der Waals surface area contributed by atoms with E-state index in [9.17, 15) is 0 Å². The highest BCUT2D eigenvalue weighted by atomic mass is 35.5. The molecule has 0 bridgehead atoms. The van der Waals surface area contributed by atoms with Crippen molar-refractivity contribution in [2.75, 3.05) is 7.05 Å². The molecule has 126 valence electrons. The molecule has 3 aromatic rings. The van der Waals surface area contributed by atoms with Gasteiger partial charge in [-0.3, -0.25) is 0 Å². The van der Waals surface area contributed by atoms with Crippen LogP contribution in [0.5, 0.6) is 0 Å². The average Bonchev–Trinajstić information content (AvgIpc) is 3.19. The first-order valence-electron chi connectivity index (χ1n) is 7.37. The number of halogens is 1. The zero-order valence-corrected chi connectivity index (χ0v) is 15.1. The molecule has 1 atom stereocenters. The van der Waals surface area contributed by atoms with Crippen LogP contribution in [-0.2, 0) is 13.5 Å². The number of nitrogens with zero attached hydrogens (tertiary/aromatic N) is 5. The maximum Gasteiger partial charge on any atom is 0.259 e. The fourth-order valence-corrected chi connectivity index (χ4v) is 3.02. The third kappa shape index (κ3) is 3.77. The lowest BCUT2D eigenvalue weighted by atomic mass is 10.2. The standard InChI is InChI=1S/C15H17ClN6OS/c1-9(17-2)6-12-20-13(23-21-12)10-7-11(16)14(19-8-10)24-15-18-4-5-22(15)3/h4-5,7-9,17H,6H2,1-3H3. The largest absolute Gasteiger partial charge is 0.334 e. The number of pyridine rings is 1. The molecule has 0 saturated heterocycles. The Morgan fingerprint density at radius 1 is 1.42 bits per heavy atom. The van der Waals surface area contributed by atoms with Gasteiger partial charge in [0.15, 0.2) is 11.0 Å². The molecule has 3 heterocycles. The Morgan fingerprint density at radius 3 is 2.92 bits per heavy atom. The van der Waals surface area contributed by atoms with Gasteiger partial charge in [-0.1, -0.05) is 16.8 Å². The molecule has 0 saturated carbocycles. The Kier molecular flexibility index (Phi) is 5.17. The Bertz CT molecular complexity index is 833. The second-order valence-corrected chi connectivity index (χ2v) is 6.71. The highest BCUT2D eigenvalue weighted by Crippen LogP contribution is 2.32. The lowest BCUT2D eigenvalue weighted by Gasteiger charge is -2.05. The summed E-state index contributed by atoms with van der Waals surface area (Å²) in [4.78, 5) is 13.0. The van der Waals surface area contributed by atoms with E-state index >= 15 is 0 Å². The molecular weight excluding hydrogens is 348 g/mol. The molecule has 3 aromatic heterocycles. The van der Waals surface area contributed by atoms with Crippen molar-refractivity contribution in [3.8, 4) is 11.5 Å². The molecule has 24 heavy (non-hydrogen) atoms. The van der Waals surface area contributed by atoms with Gasteiger partial charge in [-0.25, -0.2) is 9.97 Å². The highest BCUT2D eigenvalue weighted by molar-refractivity contribution is 7.99. The minimum absolute atomic E-state index is 0.272. The zero-order valence-electron chi connectivity index (χ0n) is 13.5. The molecule has 0 fully saturated rings. The number of aryl methyl sites for hydroxylation is 1. The van der Waals surface area contributed by atoms with E-state index in [2.05, 4.69) is 32.3 Å². The van der Waals surface area contributed by atoms with Crippen LogP contribution < -0.4 is 5.32 Å². The van der Waals surface area contributed by atoms with Crippen LogP contribution >= 0.6 is 23.4 Å². The summed E-state index contributed by atoms with van der Waals surface area (Å²) < 4.78 is 7.21. The Balaban J connectivity index is 1.78. The molecule has 0 aliphatic carbocycles. The summed E-state index contributed by atoms with van der Waals surface area (Å²) in [5.74, 6) is 1.06. The molecule has 1 N–H and O–H groups in total. The molecule has 0 aliphatic heterocycles. The van der Waals surface area contributed by atoms with E-state index in [1.807, 2.05) is 24.9 Å². The number of rotatable bonds is 6. The van der Waals surface area contributed by atoms with Crippen molar-refractivity contribution in [1.82, 2.24) is 30.0 Å². The summed E-state index contributed by atoms with van der Waals surface area (Å²) in [6, 6.07) is 2.05. The van der Waals surface area contributed by atoms with Crippen molar-refractivity contribution in [1.29, 1.82) is 0 Å². The highest BCUT2D eigenvalue weighted by Gasteiger charge is 2.14. The summed E-state index contributed by atoms with van der Waals surface area (Å²) in [5, 5.41) is 9.14. The van der Waals surface area contributed by atoms with Gasteiger partial charge in [0, 0.05) is 38.1 Å². The molecule has 3 rings (SSSR count). The molecule has 1 unspecified atom stereocenters. The Morgan fingerprint density at radius 2 is 2.25 bits per heavy atom. The normalized spacial score (nSPS) is 12.5. The minimum atomic E-state index is 0.272. The predicted molar refractivity (Wildman–Crippen MR) is 92.1 cm³/mol. The molecule has 0 radical (unpaired) electrons. The monoisotopic (exact) mass is 364 g/mol. The van der Waals surface area contributed by atoms with Gasteiger partial charge in [0.2, 0.25) is 0 Å². The second kappa shape index (κ2) is 7.33. The van der Waals surface area contributed by atoms with Crippen LogP contribution in [0.2, 0.25) is 5.02 Å². The van der Waals surface area contributed by atoms with Crippen molar-refractivity contribution >= 4 is 23.4 Å². The van der Waals surface area contributed by atoms with Crippen LogP contribution in [0, 0.1) is 0 Å². The van der Waals surface area contributed by atoms with Crippen molar-refractivity contribution in [3.63, 3.8) is 0 Å². The van der Waals surface area contributed by atoms with Crippen LogP contribution in [0.15, 0.2) is 39.4 Å². The number of aromatic nitrogens is 5. The maximum absolute atomic E-state index is 6.34. The lowest BCUT2D eigenvalue weighted by molar-refractivity contribution is 0.418. The summed E-state index contributed by atoms with van der Waals surface area (Å²) in [6.45, 7) is 2.05. The summed E-state index contributed by atoms with van der Waals surface area (Å²) >= 11 is 7.74. The first-order valence-corrected chi connectivity index (χ1v) is 8.57. The lowest BCUT2D eigenvalue weighted by Crippen LogP contribution is -2.24. The number of hydrogen-bond donors (Lipinski definition) is 1. The first-order chi connectivity index (χ1) is 11.6. The van der Waals surface area contributed by atoms with Crippen LogP contribution in [0.3, 0.4) is 0 Å². The maximum atomic E-state index is 6.34. The molecule has 0 amide bonds. The number of likely N-dealkylation sites (N-methyl/N-ethyl adjacent to an activating group) is 1. The fraction of sp³-hybridized carbons (Fsp3) is 0.333. The van der Waals surface area contributed by atoms with Crippen molar-refractivity contribution < 1.29 is 4.52 Å². The Labute approximate surface area is 148 Å². The summed E-state index contributed by atoms with van der Waals surface area (Å²) in [6.07, 6.45) is 5.97. The molecular formula is C15H17ClN6OS. The fourth-order valence-electron chi connectivity index (χ4n) is 1.98. The van der Waals surface area contributed by atoms with E-state index in [1.54, 1.807) is 18.5 Å². The van der Waals surface area contributed by atoms with Gasteiger partial charge in [-0.05, 0) is 31.8 Å². The van der Waals surface area contributed by atoms with E-state index < -0.39 is 0 Å². The van der Waals surface area contributed by atoms with E-state index in [-0.39, 0.29) is 6.04 Å². The van der Waals surface area contributed by atoms with Gasteiger partial charge < -0.3 is 14.4 Å². The number of hydrogen-bond acceptors (Lipinski definition) is 7. The topological polar surface area (TPSA) is 81.7 Å². The van der Waals surface area contributed by atoms with Gasteiger partial charge in [0.05, 0.1) is 10.6 Å². The third-order valence-electron chi connectivity index (χ3n) is 3.47. The molecule has 7 nitrogen and oxygen atoms in total. The van der Waals surface area contributed by atoms with Crippen molar-refractivity contribution in [2.45, 2.75) is 29.6 Å².